The Kier molecular flexibility index (Phi) is 7.37. The number of carbonyl (C=O) groups is 1. The van der Waals surface area contributed by atoms with Gasteiger partial charge in [-0.3, -0.25) is 14.9 Å². The minimum absolute atomic E-state index is 0.0808. The zero-order valence-electron chi connectivity index (χ0n) is 23.6. The highest BCUT2D eigenvalue weighted by molar-refractivity contribution is 6.01. The van der Waals surface area contributed by atoms with E-state index in [1.807, 2.05) is 62.6 Å². The summed E-state index contributed by atoms with van der Waals surface area (Å²) in [4.78, 5) is 26.6. The van der Waals surface area contributed by atoms with Crippen molar-refractivity contribution in [2.75, 3.05) is 37.8 Å². The van der Waals surface area contributed by atoms with Crippen LogP contribution in [0.3, 0.4) is 0 Å². The zero-order chi connectivity index (χ0) is 29.2. The van der Waals surface area contributed by atoms with Crippen LogP contribution in [0.25, 0.3) is 55.7 Å². The lowest BCUT2D eigenvalue weighted by Gasteiger charge is -2.13. The Labute approximate surface area is 242 Å². The third-order valence-electron chi connectivity index (χ3n) is 7.06. The summed E-state index contributed by atoms with van der Waals surface area (Å²) in [6, 6.07) is 18.7. The lowest BCUT2D eigenvalue weighted by Crippen LogP contribution is -2.20. The third-order valence-corrected chi connectivity index (χ3v) is 7.06. The van der Waals surface area contributed by atoms with Crippen LogP contribution in [-0.4, -0.2) is 63.1 Å². The maximum Gasteiger partial charge on any atom is 0.224 e. The molecule has 0 radical (unpaired) electrons. The maximum atomic E-state index is 14.7. The van der Waals surface area contributed by atoms with E-state index in [-0.39, 0.29) is 11.7 Å². The number of carbonyl (C=O) groups excluding carboxylic acids is 1. The van der Waals surface area contributed by atoms with Crippen LogP contribution >= 0.6 is 0 Å². The molecule has 0 spiro atoms. The van der Waals surface area contributed by atoms with Crippen molar-refractivity contribution in [3.05, 3.63) is 78.9 Å². The van der Waals surface area contributed by atoms with E-state index < -0.39 is 0 Å². The average molecular weight is 563 g/mol. The fourth-order valence-corrected chi connectivity index (χ4v) is 4.95. The predicted octanol–water partition coefficient (Wildman–Crippen LogP) is 6.30. The Hall–Kier alpha value is -5.09. The number of fused-ring (bicyclic) bond motifs is 2. The van der Waals surface area contributed by atoms with Gasteiger partial charge in [0.25, 0.3) is 0 Å². The van der Waals surface area contributed by atoms with Crippen LogP contribution in [0.4, 0.5) is 15.8 Å². The molecule has 0 fully saturated rings. The quantitative estimate of drug-likeness (QED) is 0.165. The first-order valence-corrected chi connectivity index (χ1v) is 13.8. The molecule has 6 rings (SSSR count). The molecule has 0 aliphatic carbocycles. The highest BCUT2D eigenvalue weighted by Gasteiger charge is 2.16. The lowest BCUT2D eigenvalue weighted by molar-refractivity contribution is -0.115. The van der Waals surface area contributed by atoms with E-state index in [1.54, 1.807) is 25.4 Å². The molecule has 0 saturated heterocycles. The Bertz CT molecular complexity index is 1910. The van der Waals surface area contributed by atoms with Crippen LogP contribution in [-0.2, 0) is 4.79 Å². The summed E-state index contributed by atoms with van der Waals surface area (Å²) in [5.74, 6) is -0.377. The van der Waals surface area contributed by atoms with E-state index in [9.17, 15) is 9.18 Å². The molecular formula is C32H31FN8O. The molecule has 4 N–H and O–H groups in total. The van der Waals surface area contributed by atoms with Gasteiger partial charge in [0.2, 0.25) is 5.91 Å². The van der Waals surface area contributed by atoms with E-state index in [4.69, 9.17) is 4.98 Å². The first-order chi connectivity index (χ1) is 20.4. The molecule has 212 valence electrons. The molecule has 10 heteroatoms. The van der Waals surface area contributed by atoms with Crippen LogP contribution in [0, 0.1) is 5.82 Å². The van der Waals surface area contributed by atoms with Crippen molar-refractivity contribution < 1.29 is 9.18 Å². The van der Waals surface area contributed by atoms with Gasteiger partial charge in [-0.05, 0) is 73.8 Å². The number of rotatable bonds is 9. The van der Waals surface area contributed by atoms with Crippen molar-refractivity contribution in [1.82, 2.24) is 30.0 Å². The maximum absolute atomic E-state index is 14.7. The number of anilines is 2. The number of H-pyrrole nitrogens is 2. The Morgan fingerprint density at radius 1 is 0.976 bits per heavy atom. The third kappa shape index (κ3) is 5.57. The van der Waals surface area contributed by atoms with Crippen LogP contribution in [0.1, 0.15) is 13.3 Å². The summed E-state index contributed by atoms with van der Waals surface area (Å²) in [7, 11) is 4.01. The number of aromatic amines is 2. The van der Waals surface area contributed by atoms with Gasteiger partial charge in [-0.1, -0.05) is 19.1 Å². The van der Waals surface area contributed by atoms with Gasteiger partial charge >= 0.3 is 0 Å². The number of aromatic nitrogens is 5. The van der Waals surface area contributed by atoms with Gasteiger partial charge in [0.1, 0.15) is 17.0 Å². The number of hydrogen-bond acceptors (Lipinski definition) is 6. The van der Waals surface area contributed by atoms with Crippen molar-refractivity contribution in [1.29, 1.82) is 0 Å². The summed E-state index contributed by atoms with van der Waals surface area (Å²) >= 11 is 0. The van der Waals surface area contributed by atoms with Gasteiger partial charge in [-0.25, -0.2) is 9.37 Å². The molecule has 9 nitrogen and oxygen atoms in total. The molecule has 42 heavy (non-hydrogen) atoms. The van der Waals surface area contributed by atoms with Gasteiger partial charge in [0.15, 0.2) is 0 Å². The van der Waals surface area contributed by atoms with Gasteiger partial charge in [0.05, 0.1) is 28.8 Å². The number of benzene rings is 2. The van der Waals surface area contributed by atoms with Crippen LogP contribution in [0.2, 0.25) is 0 Å². The monoisotopic (exact) mass is 562 g/mol. The second-order valence-corrected chi connectivity index (χ2v) is 10.4. The van der Waals surface area contributed by atoms with Crippen LogP contribution in [0.5, 0.6) is 0 Å². The van der Waals surface area contributed by atoms with Crippen LogP contribution in [0.15, 0.2) is 73.1 Å². The number of nitrogens with zero attached hydrogens (tertiary/aromatic N) is 4. The summed E-state index contributed by atoms with van der Waals surface area (Å²) in [6.45, 7) is 3.35. The molecule has 0 unspecified atom stereocenters. The largest absolute Gasteiger partial charge is 0.384 e. The molecule has 2 aromatic carbocycles. The van der Waals surface area contributed by atoms with Crippen molar-refractivity contribution in [2.24, 2.45) is 0 Å². The molecule has 0 atom stereocenters. The van der Waals surface area contributed by atoms with E-state index in [0.717, 1.165) is 51.0 Å². The smallest absolute Gasteiger partial charge is 0.224 e. The molecule has 6 aromatic rings. The normalized spacial score (nSPS) is 11.5. The first-order valence-electron chi connectivity index (χ1n) is 13.8. The van der Waals surface area contributed by atoms with Crippen molar-refractivity contribution >= 4 is 39.2 Å². The molecule has 0 saturated carbocycles. The summed E-state index contributed by atoms with van der Waals surface area (Å²) < 4.78 is 14.7. The summed E-state index contributed by atoms with van der Waals surface area (Å²) in [5, 5.41) is 14.8. The van der Waals surface area contributed by atoms with Crippen molar-refractivity contribution in [3.63, 3.8) is 0 Å². The summed E-state index contributed by atoms with van der Waals surface area (Å²) in [6.07, 6.45) is 3.71. The highest BCUT2D eigenvalue weighted by Crippen LogP contribution is 2.35. The first kappa shape index (κ1) is 27.1. The topological polar surface area (TPSA) is 115 Å². The molecule has 0 bridgehead atoms. The molecular weight excluding hydrogens is 531 g/mol. The Morgan fingerprint density at radius 3 is 2.67 bits per heavy atom. The lowest BCUT2D eigenvalue weighted by atomic mass is 10.0. The number of hydrogen-bond donors (Lipinski definition) is 4. The van der Waals surface area contributed by atoms with Crippen molar-refractivity contribution in [3.8, 4) is 33.8 Å². The van der Waals surface area contributed by atoms with Gasteiger partial charge in [-0.15, -0.1) is 0 Å². The zero-order valence-corrected chi connectivity index (χ0v) is 23.6. The predicted molar refractivity (Wildman–Crippen MR) is 166 cm³/mol. The molecule has 1 amide bonds. The molecule has 0 aliphatic heterocycles. The van der Waals surface area contributed by atoms with Gasteiger partial charge in [-0.2, -0.15) is 5.10 Å². The number of likely N-dealkylation sites (N-methyl/N-ethyl adjacent to an activating group) is 1. The number of amides is 1. The minimum atomic E-state index is -0.296. The highest BCUT2D eigenvalue weighted by atomic mass is 19.1. The second kappa shape index (κ2) is 11.4. The standard InChI is InChI=1S/C32H31FN8O/c1-4-30(42)36-23-14-20(17-34-18-23)26-8-9-28-31(38-26)32(40-39-28)29-16-25-24(6-5-7-27(25)37-29)19-12-21(33)15-22(13-19)35-10-11-41(2)3/h5-9,12-18,35,37H,4,10-11H2,1-3H3,(H,36,42)(H,39,40). The molecule has 4 heterocycles. The minimum Gasteiger partial charge on any atom is -0.384 e. The van der Waals surface area contributed by atoms with Gasteiger partial charge in [0, 0.05) is 47.9 Å². The fraction of sp³-hybridized carbons (Fsp3) is 0.188. The van der Waals surface area contributed by atoms with E-state index in [0.29, 0.717) is 35.6 Å². The van der Waals surface area contributed by atoms with Crippen molar-refractivity contribution in [2.45, 2.75) is 13.3 Å². The van der Waals surface area contributed by atoms with E-state index in [2.05, 4.69) is 35.7 Å². The Balaban J connectivity index is 1.36. The number of pyridine rings is 2. The SMILES string of the molecule is CCC(=O)Nc1cncc(-c2ccc3[nH]nc(-c4cc5c(-c6cc(F)cc(NCCN(C)C)c6)cccc5[nH]4)c3n2)c1. The second-order valence-electron chi connectivity index (χ2n) is 10.4. The molecule has 0 aliphatic rings. The molecule has 4 aromatic heterocycles. The fourth-order valence-electron chi connectivity index (χ4n) is 4.95. The summed E-state index contributed by atoms with van der Waals surface area (Å²) in [5.41, 5.74) is 8.38. The van der Waals surface area contributed by atoms with E-state index >= 15 is 0 Å². The van der Waals surface area contributed by atoms with E-state index in [1.165, 1.54) is 6.07 Å². The number of halogens is 1. The van der Waals surface area contributed by atoms with Crippen LogP contribution < -0.4 is 10.6 Å². The Morgan fingerprint density at radius 2 is 1.83 bits per heavy atom. The number of nitrogens with one attached hydrogen (secondary N) is 4. The average Bonchev–Trinajstić information content (AvgIpc) is 3.60. The van der Waals surface area contributed by atoms with Gasteiger partial charge < -0.3 is 20.5 Å².